The van der Waals surface area contributed by atoms with E-state index in [0.29, 0.717) is 33.8 Å². The largest absolute Gasteiger partial charge is 0.494 e. The maximum Gasteiger partial charge on any atom is 0.273 e. The molecule has 166 valence electrons. The summed E-state index contributed by atoms with van der Waals surface area (Å²) in [4.78, 5) is 28.2. The Morgan fingerprint density at radius 1 is 1.19 bits per heavy atom. The Labute approximate surface area is 194 Å². The summed E-state index contributed by atoms with van der Waals surface area (Å²) in [6.07, 6.45) is 3.55. The van der Waals surface area contributed by atoms with Gasteiger partial charge in [-0.1, -0.05) is 13.3 Å². The number of thiazole rings is 1. The van der Waals surface area contributed by atoms with Crippen molar-refractivity contribution in [3.05, 3.63) is 65.7 Å². The molecule has 0 atom stereocenters. The minimum atomic E-state index is -0.472. The van der Waals surface area contributed by atoms with Crippen LogP contribution in [0.15, 0.2) is 41.2 Å². The number of nitriles is 1. The van der Waals surface area contributed by atoms with Crippen LogP contribution < -0.4 is 24.8 Å². The van der Waals surface area contributed by atoms with E-state index in [2.05, 4.69) is 5.32 Å². The molecule has 1 N–H and O–H groups in total. The molecule has 8 heteroatoms. The Bertz CT molecular complexity index is 1310. The Hall–Kier alpha value is -3.15. The highest BCUT2D eigenvalue weighted by molar-refractivity contribution is 7.13. The molecule has 1 aromatic carbocycles. The number of aromatic nitrogens is 1. The highest BCUT2D eigenvalue weighted by Crippen LogP contribution is 2.16. The molecule has 0 saturated carbocycles. The Balaban J connectivity index is 2.23. The van der Waals surface area contributed by atoms with E-state index in [4.69, 9.17) is 4.74 Å². The van der Waals surface area contributed by atoms with Gasteiger partial charge in [0.25, 0.3) is 11.5 Å². The van der Waals surface area contributed by atoms with Crippen molar-refractivity contribution in [1.82, 2.24) is 9.88 Å². The number of unbranched alkanes of at least 4 members (excludes halogenated alkanes) is 1. The molecule has 0 radical (unpaired) electrons. The minimum Gasteiger partial charge on any atom is -0.494 e. The van der Waals surface area contributed by atoms with Gasteiger partial charge in [0.2, 0.25) is 0 Å². The third kappa shape index (κ3) is 5.36. The van der Waals surface area contributed by atoms with Gasteiger partial charge in [0.05, 0.1) is 16.8 Å². The lowest BCUT2D eigenvalue weighted by Gasteiger charge is -2.07. The molecular weight excluding hydrogens is 442 g/mol. The Morgan fingerprint density at radius 2 is 1.94 bits per heavy atom. The van der Waals surface area contributed by atoms with Crippen molar-refractivity contribution in [3.8, 4) is 17.5 Å². The lowest BCUT2D eigenvalue weighted by atomic mass is 10.2. The van der Waals surface area contributed by atoms with E-state index >= 15 is 0 Å². The number of nitrogens with one attached hydrogen (secondary N) is 1. The van der Waals surface area contributed by atoms with E-state index in [-0.39, 0.29) is 11.1 Å². The minimum absolute atomic E-state index is 0.0703. The lowest BCUT2D eigenvalue weighted by Crippen LogP contribution is -2.34. The Kier molecular flexibility index (Phi) is 8.03. The summed E-state index contributed by atoms with van der Waals surface area (Å²) < 4.78 is 7.71. The molecule has 6 nitrogen and oxygen atoms in total. The first-order valence-corrected chi connectivity index (χ1v) is 12.1. The van der Waals surface area contributed by atoms with Crippen LogP contribution in [-0.4, -0.2) is 23.6 Å². The van der Waals surface area contributed by atoms with Gasteiger partial charge in [-0.15, -0.1) is 22.7 Å². The van der Waals surface area contributed by atoms with Crippen LogP contribution in [0.5, 0.6) is 5.75 Å². The lowest BCUT2D eigenvalue weighted by molar-refractivity contribution is -0.115. The van der Waals surface area contributed by atoms with E-state index in [1.807, 2.05) is 45.0 Å². The molecule has 3 aromatic rings. The molecule has 0 bridgehead atoms. The smallest absolute Gasteiger partial charge is 0.273 e. The SMILES string of the molecule is CCCCNC(=O)/C(C#N)=c1\s/c(=C\c2ccc(C)s2)c(=O)n1-c1ccc(OCC)cc1. The predicted octanol–water partition coefficient (Wildman–Crippen LogP) is 3.09. The summed E-state index contributed by atoms with van der Waals surface area (Å²) in [5.41, 5.74) is 0.231. The summed E-state index contributed by atoms with van der Waals surface area (Å²) in [5, 5.41) is 12.6. The molecule has 3 rings (SSSR count). The maximum atomic E-state index is 13.4. The number of hydrogen-bond acceptors (Lipinski definition) is 6. The zero-order valence-electron chi connectivity index (χ0n) is 18.3. The fraction of sp³-hybridized carbons (Fsp3) is 0.292. The number of rotatable bonds is 8. The summed E-state index contributed by atoms with van der Waals surface area (Å²) in [5.74, 6) is 0.212. The molecule has 2 heterocycles. The number of thiophene rings is 1. The van der Waals surface area contributed by atoms with Gasteiger partial charge in [-0.2, -0.15) is 5.26 Å². The van der Waals surface area contributed by atoms with Gasteiger partial charge < -0.3 is 10.1 Å². The molecule has 0 saturated heterocycles. The summed E-state index contributed by atoms with van der Waals surface area (Å²) in [7, 11) is 0. The van der Waals surface area contributed by atoms with Crippen molar-refractivity contribution in [1.29, 1.82) is 5.26 Å². The monoisotopic (exact) mass is 467 g/mol. The summed E-state index contributed by atoms with van der Waals surface area (Å²) in [6, 6.07) is 13.0. The third-order valence-corrected chi connectivity index (χ3v) is 6.67. The van der Waals surface area contributed by atoms with Crippen LogP contribution in [0.25, 0.3) is 17.3 Å². The van der Waals surface area contributed by atoms with Gasteiger partial charge in [-0.05, 0) is 62.7 Å². The fourth-order valence-corrected chi connectivity index (χ4v) is 5.05. The average Bonchev–Trinajstić information content (AvgIpc) is 3.33. The maximum absolute atomic E-state index is 13.4. The van der Waals surface area contributed by atoms with Crippen molar-refractivity contribution in [2.75, 3.05) is 13.2 Å². The van der Waals surface area contributed by atoms with Crippen molar-refractivity contribution in [2.45, 2.75) is 33.6 Å². The van der Waals surface area contributed by atoms with Crippen molar-refractivity contribution >= 4 is 40.2 Å². The van der Waals surface area contributed by atoms with Crippen LogP contribution in [0.4, 0.5) is 0 Å². The van der Waals surface area contributed by atoms with Gasteiger partial charge in [0.15, 0.2) is 5.57 Å². The van der Waals surface area contributed by atoms with Crippen molar-refractivity contribution in [2.24, 2.45) is 0 Å². The van der Waals surface area contributed by atoms with Gasteiger partial charge in [0.1, 0.15) is 16.5 Å². The molecule has 0 aliphatic carbocycles. The zero-order valence-corrected chi connectivity index (χ0v) is 19.9. The first-order valence-electron chi connectivity index (χ1n) is 10.4. The first-order chi connectivity index (χ1) is 15.5. The standard InChI is InChI=1S/C24H25N3O3S2/c1-4-6-13-26-22(28)20(15-25)24-27(17-8-10-18(11-9-17)30-5-2)23(29)21(32-24)14-19-12-7-16(3)31-19/h7-12,14H,4-6,13H2,1-3H3,(H,26,28)/b21-14-,24-20-. The highest BCUT2D eigenvalue weighted by Gasteiger charge is 2.17. The van der Waals surface area contributed by atoms with Gasteiger partial charge >= 0.3 is 0 Å². The highest BCUT2D eigenvalue weighted by atomic mass is 32.1. The molecule has 0 unspecified atom stereocenters. The fourth-order valence-electron chi connectivity index (χ4n) is 3.07. The van der Waals surface area contributed by atoms with Crippen molar-refractivity contribution < 1.29 is 9.53 Å². The average molecular weight is 468 g/mol. The summed E-state index contributed by atoms with van der Waals surface area (Å²) in [6.45, 7) is 6.94. The van der Waals surface area contributed by atoms with E-state index < -0.39 is 5.91 Å². The molecule has 0 aliphatic heterocycles. The zero-order chi connectivity index (χ0) is 23.1. The number of carbonyl (C=O) groups is 1. The van der Waals surface area contributed by atoms with Crippen LogP contribution in [-0.2, 0) is 4.79 Å². The Morgan fingerprint density at radius 3 is 2.53 bits per heavy atom. The molecule has 32 heavy (non-hydrogen) atoms. The van der Waals surface area contributed by atoms with E-state index in [1.165, 1.54) is 4.57 Å². The van der Waals surface area contributed by atoms with E-state index in [1.54, 1.807) is 35.6 Å². The topological polar surface area (TPSA) is 84.1 Å². The number of nitrogens with zero attached hydrogens (tertiary/aromatic N) is 2. The second-order valence-corrected chi connectivity index (χ2v) is 9.38. The van der Waals surface area contributed by atoms with Crippen LogP contribution in [0.1, 0.15) is 36.4 Å². The van der Waals surface area contributed by atoms with Crippen molar-refractivity contribution in [3.63, 3.8) is 0 Å². The number of aryl methyl sites for hydroxylation is 1. The molecular formula is C24H25N3O3S2. The van der Waals surface area contributed by atoms with Gasteiger partial charge in [-0.25, -0.2) is 0 Å². The molecule has 0 spiro atoms. The van der Waals surface area contributed by atoms with Crippen LogP contribution in [0.3, 0.4) is 0 Å². The van der Waals surface area contributed by atoms with Crippen LogP contribution in [0.2, 0.25) is 0 Å². The summed E-state index contributed by atoms with van der Waals surface area (Å²) >= 11 is 2.73. The van der Waals surface area contributed by atoms with Crippen LogP contribution in [0, 0.1) is 18.3 Å². The van der Waals surface area contributed by atoms with Gasteiger partial charge in [0, 0.05) is 16.3 Å². The molecule has 1 amide bonds. The number of carbonyl (C=O) groups excluding carboxylic acids is 1. The number of amides is 1. The number of ether oxygens (including phenoxy) is 1. The molecule has 2 aromatic heterocycles. The predicted molar refractivity (Wildman–Crippen MR) is 130 cm³/mol. The quantitative estimate of drug-likeness (QED) is 0.516. The van der Waals surface area contributed by atoms with Gasteiger partial charge in [-0.3, -0.25) is 14.2 Å². The normalized spacial score (nSPS) is 12.4. The number of hydrogen-bond donors (Lipinski definition) is 1. The second-order valence-electron chi connectivity index (χ2n) is 7.03. The molecule has 0 aliphatic rings. The third-order valence-electron chi connectivity index (χ3n) is 4.63. The molecule has 0 fully saturated rings. The van der Waals surface area contributed by atoms with Crippen LogP contribution >= 0.6 is 22.7 Å². The first kappa shape index (κ1) is 23.5. The second kappa shape index (κ2) is 10.9. The van der Waals surface area contributed by atoms with E-state index in [0.717, 1.165) is 33.9 Å². The number of benzene rings is 1. The van der Waals surface area contributed by atoms with E-state index in [9.17, 15) is 14.9 Å².